The highest BCUT2D eigenvalue weighted by molar-refractivity contribution is 5.33. The summed E-state index contributed by atoms with van der Waals surface area (Å²) in [5.74, 6) is 1.04. The van der Waals surface area contributed by atoms with Crippen LogP contribution in [0, 0.1) is 6.92 Å². The lowest BCUT2D eigenvalue weighted by molar-refractivity contribution is 0.208. The van der Waals surface area contributed by atoms with Gasteiger partial charge in [0, 0.05) is 0 Å². The number of hydrogen-bond acceptors (Lipinski definition) is 1. The van der Waals surface area contributed by atoms with E-state index in [2.05, 4.69) is 19.1 Å². The van der Waals surface area contributed by atoms with Crippen molar-refractivity contribution in [2.45, 2.75) is 38.2 Å². The molecule has 1 aliphatic rings. The lowest BCUT2D eigenvalue weighted by Crippen LogP contribution is -2.11. The van der Waals surface area contributed by atoms with Crippen molar-refractivity contribution < 1.29 is 4.74 Å². The van der Waals surface area contributed by atoms with Crippen LogP contribution in [0.3, 0.4) is 0 Å². The van der Waals surface area contributed by atoms with Gasteiger partial charge in [0.05, 0.1) is 6.10 Å². The fourth-order valence-corrected chi connectivity index (χ4v) is 2.01. The van der Waals surface area contributed by atoms with Crippen molar-refractivity contribution >= 4 is 0 Å². The van der Waals surface area contributed by atoms with Crippen LogP contribution in [0.15, 0.2) is 24.3 Å². The van der Waals surface area contributed by atoms with Gasteiger partial charge in [0.25, 0.3) is 0 Å². The van der Waals surface area contributed by atoms with Gasteiger partial charge in [-0.15, -0.1) is 0 Å². The van der Waals surface area contributed by atoms with Crippen molar-refractivity contribution in [3.63, 3.8) is 0 Å². The Morgan fingerprint density at radius 3 is 2.64 bits per heavy atom. The number of para-hydroxylation sites is 1. The Morgan fingerprint density at radius 2 is 1.93 bits per heavy atom. The topological polar surface area (TPSA) is 9.23 Å². The molecule has 14 heavy (non-hydrogen) atoms. The second kappa shape index (κ2) is 4.50. The molecule has 0 bridgehead atoms. The summed E-state index contributed by atoms with van der Waals surface area (Å²) in [6.45, 7) is 3.91. The van der Waals surface area contributed by atoms with Crippen molar-refractivity contribution in [1.29, 1.82) is 0 Å². The number of ether oxygens (including phenoxy) is 1. The van der Waals surface area contributed by atoms with Crippen LogP contribution >= 0.6 is 0 Å². The Labute approximate surface area is 86.1 Å². The number of benzene rings is 1. The molecule has 0 amide bonds. The minimum Gasteiger partial charge on any atom is -0.490 e. The molecule has 1 aliphatic carbocycles. The molecule has 1 fully saturated rings. The first-order chi connectivity index (χ1) is 6.90. The highest BCUT2D eigenvalue weighted by Crippen LogP contribution is 2.26. The lowest BCUT2D eigenvalue weighted by atomic mass is 10.1. The Kier molecular flexibility index (Phi) is 3.07. The summed E-state index contributed by atoms with van der Waals surface area (Å²) >= 11 is 0. The highest BCUT2D eigenvalue weighted by atomic mass is 16.5. The molecule has 0 saturated heterocycles. The van der Waals surface area contributed by atoms with Crippen LogP contribution in [-0.2, 0) is 6.42 Å². The second-order valence-electron chi connectivity index (χ2n) is 3.88. The van der Waals surface area contributed by atoms with Crippen LogP contribution in [0.2, 0.25) is 0 Å². The average Bonchev–Trinajstić information content (AvgIpc) is 2.71. The zero-order chi connectivity index (χ0) is 9.80. The minimum atomic E-state index is 0.447. The molecule has 0 aliphatic heterocycles. The van der Waals surface area contributed by atoms with Crippen LogP contribution < -0.4 is 4.74 Å². The molecule has 0 atom stereocenters. The van der Waals surface area contributed by atoms with Gasteiger partial charge in [-0.05, 0) is 50.7 Å². The van der Waals surface area contributed by atoms with E-state index in [4.69, 9.17) is 4.74 Å². The summed E-state index contributed by atoms with van der Waals surface area (Å²) in [6.07, 6.45) is 6.32. The van der Waals surface area contributed by atoms with Crippen molar-refractivity contribution in [1.82, 2.24) is 0 Å². The quantitative estimate of drug-likeness (QED) is 0.708. The van der Waals surface area contributed by atoms with Crippen LogP contribution in [-0.4, -0.2) is 6.10 Å². The van der Waals surface area contributed by atoms with Gasteiger partial charge in [0.15, 0.2) is 0 Å². The van der Waals surface area contributed by atoms with E-state index in [1.165, 1.54) is 31.2 Å². The van der Waals surface area contributed by atoms with Gasteiger partial charge in [-0.1, -0.05) is 18.2 Å². The van der Waals surface area contributed by atoms with Crippen LogP contribution in [0.25, 0.3) is 0 Å². The molecule has 0 aromatic heterocycles. The van der Waals surface area contributed by atoms with E-state index < -0.39 is 0 Å². The monoisotopic (exact) mass is 189 g/mol. The molecule has 0 heterocycles. The third kappa shape index (κ3) is 2.09. The summed E-state index contributed by atoms with van der Waals surface area (Å²) in [4.78, 5) is 0. The molecule has 1 nitrogen and oxygen atoms in total. The molecule has 2 rings (SSSR count). The molecule has 1 saturated carbocycles. The number of hydrogen-bond donors (Lipinski definition) is 0. The maximum Gasteiger partial charge on any atom is 0.122 e. The molecule has 1 heteroatoms. The van der Waals surface area contributed by atoms with E-state index in [0.29, 0.717) is 6.10 Å². The molecule has 1 aromatic rings. The minimum absolute atomic E-state index is 0.447. The van der Waals surface area contributed by atoms with Crippen LogP contribution in [0.5, 0.6) is 5.75 Å². The van der Waals surface area contributed by atoms with Crippen molar-refractivity contribution in [3.05, 3.63) is 36.8 Å². The largest absolute Gasteiger partial charge is 0.490 e. The van der Waals surface area contributed by atoms with Gasteiger partial charge in [-0.25, -0.2) is 0 Å². The zero-order valence-corrected chi connectivity index (χ0v) is 8.54. The Hall–Kier alpha value is -0.980. The molecule has 1 aromatic carbocycles. The van der Waals surface area contributed by atoms with E-state index >= 15 is 0 Å². The van der Waals surface area contributed by atoms with E-state index in [9.17, 15) is 0 Å². The standard InChI is InChI=1S/C13H17O/c1-2-11-7-3-6-10-13(11)14-12-8-4-5-9-12/h3,6-7,10,12H,1-2,4-5,8-9H2. The molecule has 0 unspecified atom stereocenters. The third-order valence-electron chi connectivity index (χ3n) is 2.84. The van der Waals surface area contributed by atoms with E-state index in [1.807, 2.05) is 12.1 Å². The number of rotatable bonds is 3. The molecular weight excluding hydrogens is 172 g/mol. The fourth-order valence-electron chi connectivity index (χ4n) is 2.01. The van der Waals surface area contributed by atoms with Gasteiger partial charge in [-0.2, -0.15) is 0 Å². The first-order valence-electron chi connectivity index (χ1n) is 5.44. The Morgan fingerprint density at radius 1 is 1.21 bits per heavy atom. The van der Waals surface area contributed by atoms with Gasteiger partial charge in [0.2, 0.25) is 0 Å². The fraction of sp³-hybridized carbons (Fsp3) is 0.462. The highest BCUT2D eigenvalue weighted by Gasteiger charge is 2.17. The maximum absolute atomic E-state index is 5.96. The van der Waals surface area contributed by atoms with Crippen molar-refractivity contribution in [2.75, 3.05) is 0 Å². The first kappa shape index (κ1) is 9.57. The van der Waals surface area contributed by atoms with Crippen LogP contribution in [0.4, 0.5) is 0 Å². The van der Waals surface area contributed by atoms with Gasteiger partial charge < -0.3 is 4.74 Å². The average molecular weight is 189 g/mol. The molecule has 75 valence electrons. The Balaban J connectivity index is 2.07. The van der Waals surface area contributed by atoms with E-state index in [-0.39, 0.29) is 0 Å². The molecule has 0 spiro atoms. The van der Waals surface area contributed by atoms with Gasteiger partial charge >= 0.3 is 0 Å². The predicted octanol–water partition coefficient (Wildman–Crippen LogP) is 3.38. The van der Waals surface area contributed by atoms with Crippen molar-refractivity contribution in [3.8, 4) is 5.75 Å². The third-order valence-corrected chi connectivity index (χ3v) is 2.84. The smallest absolute Gasteiger partial charge is 0.122 e. The summed E-state index contributed by atoms with van der Waals surface area (Å²) in [5, 5.41) is 0. The van der Waals surface area contributed by atoms with E-state index in [0.717, 1.165) is 12.2 Å². The lowest BCUT2D eigenvalue weighted by Gasteiger charge is -2.15. The molecule has 0 N–H and O–H groups in total. The maximum atomic E-state index is 5.96. The molecular formula is C13H17O. The summed E-state index contributed by atoms with van der Waals surface area (Å²) in [6, 6.07) is 8.22. The van der Waals surface area contributed by atoms with E-state index in [1.54, 1.807) is 0 Å². The predicted molar refractivity (Wildman–Crippen MR) is 58.4 cm³/mol. The van der Waals surface area contributed by atoms with Gasteiger partial charge in [-0.3, -0.25) is 0 Å². The van der Waals surface area contributed by atoms with Crippen LogP contribution in [0.1, 0.15) is 31.2 Å². The first-order valence-corrected chi connectivity index (χ1v) is 5.44. The SMILES string of the molecule is [CH2]Cc1ccccc1OC1CCCC1. The zero-order valence-electron chi connectivity index (χ0n) is 8.54. The second-order valence-corrected chi connectivity index (χ2v) is 3.88. The molecule has 1 radical (unpaired) electrons. The summed E-state index contributed by atoms with van der Waals surface area (Å²) < 4.78 is 5.96. The van der Waals surface area contributed by atoms with Crippen molar-refractivity contribution in [2.24, 2.45) is 0 Å². The van der Waals surface area contributed by atoms with Gasteiger partial charge in [0.1, 0.15) is 5.75 Å². The summed E-state index contributed by atoms with van der Waals surface area (Å²) in [5.41, 5.74) is 1.22. The normalized spacial score (nSPS) is 17.2. The Bertz CT molecular complexity index is 287. The summed E-state index contributed by atoms with van der Waals surface area (Å²) in [7, 11) is 0.